The number of amides is 1. The maximum atomic E-state index is 12.6. The van der Waals surface area contributed by atoms with Gasteiger partial charge < -0.3 is 14.3 Å². The number of hydrogen-bond acceptors (Lipinski definition) is 3. The smallest absolute Gasteiger partial charge is 0.244 e. The van der Waals surface area contributed by atoms with E-state index in [0.29, 0.717) is 27.3 Å². The molecule has 2 aromatic carbocycles. The normalized spacial score (nSPS) is 11.0. The predicted molar refractivity (Wildman–Crippen MR) is 103 cm³/mol. The highest BCUT2D eigenvalue weighted by Gasteiger charge is 2.17. The fourth-order valence-corrected chi connectivity index (χ4v) is 3.09. The molecule has 0 aliphatic heterocycles. The van der Waals surface area contributed by atoms with Crippen LogP contribution in [0.25, 0.3) is 22.6 Å². The standard InChI is InChI=1S/C19H13Cl2N3O2/c20-12-7-8-13(21)15(10-12)22-18(25)11-24-16-5-2-1-4-14(16)23-19(24)17-6-3-9-26-17/h1-10H,11H2,(H,22,25). The molecular weight excluding hydrogens is 373 g/mol. The van der Waals surface area contributed by atoms with Crippen LogP contribution >= 0.6 is 23.2 Å². The molecule has 4 rings (SSSR count). The number of para-hydroxylation sites is 2. The number of anilines is 1. The first-order valence-electron chi connectivity index (χ1n) is 7.86. The van der Waals surface area contributed by atoms with Crippen LogP contribution in [-0.4, -0.2) is 15.5 Å². The molecule has 0 aliphatic rings. The van der Waals surface area contributed by atoms with Crippen LogP contribution in [0.2, 0.25) is 10.0 Å². The number of nitrogens with one attached hydrogen (secondary N) is 1. The van der Waals surface area contributed by atoms with Crippen LogP contribution in [-0.2, 0) is 11.3 Å². The Labute approximate surface area is 159 Å². The SMILES string of the molecule is O=C(Cn1c(-c2ccco2)nc2ccccc21)Nc1cc(Cl)ccc1Cl. The Bertz CT molecular complexity index is 1090. The first kappa shape index (κ1) is 16.7. The van der Waals surface area contributed by atoms with E-state index < -0.39 is 0 Å². The fourth-order valence-electron chi connectivity index (χ4n) is 2.76. The van der Waals surface area contributed by atoms with Crippen molar-refractivity contribution >= 4 is 45.8 Å². The Morgan fingerprint density at radius 3 is 2.77 bits per heavy atom. The van der Waals surface area contributed by atoms with E-state index in [-0.39, 0.29) is 12.5 Å². The van der Waals surface area contributed by atoms with Crippen LogP contribution in [0.3, 0.4) is 0 Å². The van der Waals surface area contributed by atoms with Gasteiger partial charge in [-0.05, 0) is 42.5 Å². The van der Waals surface area contributed by atoms with E-state index in [1.54, 1.807) is 30.5 Å². The lowest BCUT2D eigenvalue weighted by atomic mass is 10.3. The molecule has 0 saturated carbocycles. The number of nitrogens with zero attached hydrogens (tertiary/aromatic N) is 2. The average molecular weight is 386 g/mol. The third-order valence-electron chi connectivity index (χ3n) is 3.90. The Kier molecular flexibility index (Phi) is 4.41. The first-order chi connectivity index (χ1) is 12.6. The van der Waals surface area contributed by atoms with Crippen LogP contribution in [0.15, 0.2) is 65.3 Å². The number of furan rings is 1. The second-order valence-corrected chi connectivity index (χ2v) is 6.50. The molecule has 7 heteroatoms. The number of halogens is 2. The van der Waals surface area contributed by atoms with Crippen molar-refractivity contribution in [1.82, 2.24) is 9.55 Å². The number of imidazole rings is 1. The van der Waals surface area contributed by atoms with Crippen LogP contribution in [0.4, 0.5) is 5.69 Å². The lowest BCUT2D eigenvalue weighted by Gasteiger charge is -2.10. The summed E-state index contributed by atoms with van der Waals surface area (Å²) in [6.45, 7) is 0.0549. The average Bonchev–Trinajstić information content (AvgIpc) is 3.26. The van der Waals surface area contributed by atoms with Gasteiger partial charge in [-0.3, -0.25) is 4.79 Å². The van der Waals surface area contributed by atoms with Crippen LogP contribution < -0.4 is 5.32 Å². The molecule has 0 fully saturated rings. The number of benzene rings is 2. The molecule has 0 saturated heterocycles. The maximum absolute atomic E-state index is 12.6. The summed E-state index contributed by atoms with van der Waals surface area (Å²) in [6, 6.07) is 16.1. The first-order valence-corrected chi connectivity index (χ1v) is 8.61. The van der Waals surface area contributed by atoms with Crippen molar-refractivity contribution < 1.29 is 9.21 Å². The van der Waals surface area contributed by atoms with E-state index in [1.807, 2.05) is 34.9 Å². The van der Waals surface area contributed by atoms with Crippen molar-refractivity contribution in [2.45, 2.75) is 6.54 Å². The number of rotatable bonds is 4. The zero-order chi connectivity index (χ0) is 18.1. The minimum atomic E-state index is -0.245. The summed E-state index contributed by atoms with van der Waals surface area (Å²) in [5, 5.41) is 3.71. The van der Waals surface area contributed by atoms with Gasteiger partial charge in [-0.2, -0.15) is 0 Å². The van der Waals surface area contributed by atoms with Gasteiger partial charge in [-0.1, -0.05) is 35.3 Å². The highest BCUT2D eigenvalue weighted by Crippen LogP contribution is 2.27. The summed E-state index contributed by atoms with van der Waals surface area (Å²) in [4.78, 5) is 17.2. The summed E-state index contributed by atoms with van der Waals surface area (Å²) >= 11 is 12.1. The third-order valence-corrected chi connectivity index (χ3v) is 4.47. The third kappa shape index (κ3) is 3.19. The Morgan fingerprint density at radius 1 is 1.12 bits per heavy atom. The molecule has 0 spiro atoms. The Hall–Kier alpha value is -2.76. The van der Waals surface area contributed by atoms with Gasteiger partial charge in [-0.15, -0.1) is 0 Å². The molecule has 0 unspecified atom stereocenters. The maximum Gasteiger partial charge on any atom is 0.244 e. The predicted octanol–water partition coefficient (Wildman–Crippen LogP) is 5.24. The van der Waals surface area contributed by atoms with Gasteiger partial charge in [0.1, 0.15) is 6.54 Å². The second-order valence-electron chi connectivity index (χ2n) is 5.66. The fraction of sp³-hybridized carbons (Fsp3) is 0.0526. The van der Waals surface area contributed by atoms with Gasteiger partial charge in [0.25, 0.3) is 0 Å². The van der Waals surface area contributed by atoms with E-state index in [2.05, 4.69) is 10.3 Å². The minimum absolute atomic E-state index is 0.0549. The van der Waals surface area contributed by atoms with Crippen molar-refractivity contribution in [3.05, 3.63) is 70.9 Å². The molecule has 26 heavy (non-hydrogen) atoms. The highest BCUT2D eigenvalue weighted by atomic mass is 35.5. The molecule has 130 valence electrons. The van der Waals surface area contributed by atoms with Gasteiger partial charge in [0.05, 0.1) is 28.0 Å². The van der Waals surface area contributed by atoms with E-state index in [0.717, 1.165) is 11.0 Å². The van der Waals surface area contributed by atoms with E-state index in [1.165, 1.54) is 0 Å². The highest BCUT2D eigenvalue weighted by molar-refractivity contribution is 6.35. The van der Waals surface area contributed by atoms with E-state index in [4.69, 9.17) is 27.6 Å². The van der Waals surface area contributed by atoms with Gasteiger partial charge in [0.2, 0.25) is 5.91 Å². The molecule has 0 aliphatic carbocycles. The van der Waals surface area contributed by atoms with Crippen molar-refractivity contribution in [2.24, 2.45) is 0 Å². The Morgan fingerprint density at radius 2 is 1.96 bits per heavy atom. The van der Waals surface area contributed by atoms with Gasteiger partial charge in [-0.25, -0.2) is 4.98 Å². The molecule has 1 amide bonds. The molecule has 5 nitrogen and oxygen atoms in total. The number of carbonyl (C=O) groups excluding carboxylic acids is 1. The zero-order valence-electron chi connectivity index (χ0n) is 13.4. The molecule has 0 atom stereocenters. The topological polar surface area (TPSA) is 60.1 Å². The largest absolute Gasteiger partial charge is 0.461 e. The monoisotopic (exact) mass is 385 g/mol. The summed E-state index contributed by atoms with van der Waals surface area (Å²) in [7, 11) is 0. The van der Waals surface area contributed by atoms with Crippen LogP contribution in [0.1, 0.15) is 0 Å². The number of carbonyl (C=O) groups is 1. The molecule has 2 aromatic heterocycles. The number of fused-ring (bicyclic) bond motifs is 1. The summed E-state index contributed by atoms with van der Waals surface area (Å²) < 4.78 is 7.28. The molecule has 4 aromatic rings. The number of aromatic nitrogens is 2. The van der Waals surface area contributed by atoms with Crippen molar-refractivity contribution in [3.8, 4) is 11.6 Å². The molecular formula is C19H13Cl2N3O2. The van der Waals surface area contributed by atoms with Gasteiger partial charge >= 0.3 is 0 Å². The van der Waals surface area contributed by atoms with Crippen molar-refractivity contribution in [3.63, 3.8) is 0 Å². The lowest BCUT2D eigenvalue weighted by Crippen LogP contribution is -2.19. The molecule has 2 heterocycles. The second kappa shape index (κ2) is 6.86. The quantitative estimate of drug-likeness (QED) is 0.522. The minimum Gasteiger partial charge on any atom is -0.461 e. The summed E-state index contributed by atoms with van der Waals surface area (Å²) in [6.07, 6.45) is 1.57. The molecule has 0 bridgehead atoms. The van der Waals surface area contributed by atoms with Gasteiger partial charge in [0, 0.05) is 5.02 Å². The molecule has 0 radical (unpaired) electrons. The van der Waals surface area contributed by atoms with E-state index >= 15 is 0 Å². The molecule has 1 N–H and O–H groups in total. The summed E-state index contributed by atoms with van der Waals surface area (Å²) in [5.41, 5.74) is 2.09. The van der Waals surface area contributed by atoms with Crippen molar-refractivity contribution in [1.29, 1.82) is 0 Å². The Balaban J connectivity index is 1.69. The van der Waals surface area contributed by atoms with Crippen LogP contribution in [0.5, 0.6) is 0 Å². The summed E-state index contributed by atoms with van der Waals surface area (Å²) in [5.74, 6) is 0.934. The van der Waals surface area contributed by atoms with Gasteiger partial charge in [0.15, 0.2) is 11.6 Å². The lowest BCUT2D eigenvalue weighted by molar-refractivity contribution is -0.116. The zero-order valence-corrected chi connectivity index (χ0v) is 15.0. The van der Waals surface area contributed by atoms with E-state index in [9.17, 15) is 4.79 Å². The number of hydrogen-bond donors (Lipinski definition) is 1. The van der Waals surface area contributed by atoms with Crippen LogP contribution in [0, 0.1) is 0 Å². The van der Waals surface area contributed by atoms with Crippen molar-refractivity contribution in [2.75, 3.05) is 5.32 Å².